The molecule has 0 aliphatic rings. The van der Waals surface area contributed by atoms with Gasteiger partial charge in [0.1, 0.15) is 5.75 Å². The van der Waals surface area contributed by atoms with Gasteiger partial charge in [-0.25, -0.2) is 0 Å². The molecule has 0 atom stereocenters. The molecule has 6 heteroatoms. The van der Waals surface area contributed by atoms with E-state index in [1.165, 1.54) is 0 Å². The highest BCUT2D eigenvalue weighted by Gasteiger charge is 2.15. The van der Waals surface area contributed by atoms with Crippen LogP contribution in [0.4, 0.5) is 11.4 Å². The van der Waals surface area contributed by atoms with Crippen molar-refractivity contribution in [1.29, 1.82) is 0 Å². The standard InChI is InChI=1S/C17H19N3O3/c1-11-7-8-14(13(18)9-11)20-17(22)16(21)19-10-12-5-3-4-6-15(12)23-2/h3-9H,10,18H2,1-2H3,(H,19,21)(H,20,22). The number of benzene rings is 2. The highest BCUT2D eigenvalue weighted by molar-refractivity contribution is 6.39. The minimum atomic E-state index is -0.768. The Bertz CT molecular complexity index is 729. The lowest BCUT2D eigenvalue weighted by molar-refractivity contribution is -0.136. The van der Waals surface area contributed by atoms with Crippen LogP contribution in [0.2, 0.25) is 0 Å². The monoisotopic (exact) mass is 313 g/mol. The summed E-state index contributed by atoms with van der Waals surface area (Å²) >= 11 is 0. The van der Waals surface area contributed by atoms with E-state index < -0.39 is 11.8 Å². The summed E-state index contributed by atoms with van der Waals surface area (Å²) in [6.45, 7) is 2.08. The zero-order valence-corrected chi connectivity index (χ0v) is 13.1. The van der Waals surface area contributed by atoms with Gasteiger partial charge in [0, 0.05) is 12.1 Å². The lowest BCUT2D eigenvalue weighted by Crippen LogP contribution is -2.35. The number of para-hydroxylation sites is 1. The second kappa shape index (κ2) is 7.31. The van der Waals surface area contributed by atoms with E-state index in [1.807, 2.05) is 25.1 Å². The smallest absolute Gasteiger partial charge is 0.313 e. The Hall–Kier alpha value is -3.02. The summed E-state index contributed by atoms with van der Waals surface area (Å²) in [5.74, 6) is -0.859. The number of carbonyl (C=O) groups excluding carboxylic acids is 2. The first-order chi connectivity index (χ1) is 11.0. The molecule has 2 amide bonds. The fraction of sp³-hybridized carbons (Fsp3) is 0.176. The van der Waals surface area contributed by atoms with Crippen LogP contribution < -0.4 is 21.1 Å². The number of aryl methyl sites for hydroxylation is 1. The maximum absolute atomic E-state index is 11.9. The Morgan fingerprint density at radius 3 is 2.57 bits per heavy atom. The summed E-state index contributed by atoms with van der Waals surface area (Å²) in [6.07, 6.45) is 0. The molecule has 6 nitrogen and oxygen atoms in total. The number of hydrogen-bond acceptors (Lipinski definition) is 4. The Morgan fingerprint density at radius 2 is 1.87 bits per heavy atom. The van der Waals surface area contributed by atoms with Crippen molar-refractivity contribution >= 4 is 23.2 Å². The molecule has 0 saturated heterocycles. The van der Waals surface area contributed by atoms with E-state index in [2.05, 4.69) is 10.6 Å². The van der Waals surface area contributed by atoms with E-state index in [1.54, 1.807) is 31.4 Å². The van der Waals surface area contributed by atoms with Gasteiger partial charge in [-0.15, -0.1) is 0 Å². The predicted octanol–water partition coefficient (Wildman–Crippen LogP) is 1.84. The van der Waals surface area contributed by atoms with Crippen LogP contribution >= 0.6 is 0 Å². The second-order valence-corrected chi connectivity index (χ2v) is 5.04. The maximum atomic E-state index is 11.9. The zero-order valence-electron chi connectivity index (χ0n) is 13.1. The number of anilines is 2. The molecule has 2 aromatic rings. The maximum Gasteiger partial charge on any atom is 0.313 e. The molecule has 2 rings (SSSR count). The molecule has 0 aliphatic heterocycles. The van der Waals surface area contributed by atoms with Crippen LogP contribution in [0.15, 0.2) is 42.5 Å². The molecule has 120 valence electrons. The Morgan fingerprint density at radius 1 is 1.13 bits per heavy atom. The summed E-state index contributed by atoms with van der Waals surface area (Å²) in [7, 11) is 1.55. The Kier molecular flexibility index (Phi) is 5.19. The summed E-state index contributed by atoms with van der Waals surface area (Å²) in [4.78, 5) is 23.8. The van der Waals surface area contributed by atoms with Crippen LogP contribution in [0.1, 0.15) is 11.1 Å². The molecule has 23 heavy (non-hydrogen) atoms. The number of nitrogens with two attached hydrogens (primary N) is 1. The molecule has 4 N–H and O–H groups in total. The molecule has 0 unspecified atom stereocenters. The highest BCUT2D eigenvalue weighted by atomic mass is 16.5. The molecule has 0 aliphatic carbocycles. The fourth-order valence-electron chi connectivity index (χ4n) is 2.08. The largest absolute Gasteiger partial charge is 0.496 e. The van der Waals surface area contributed by atoms with Gasteiger partial charge in [-0.05, 0) is 30.7 Å². The zero-order chi connectivity index (χ0) is 16.8. The van der Waals surface area contributed by atoms with Gasteiger partial charge in [0.25, 0.3) is 0 Å². The molecular formula is C17H19N3O3. The van der Waals surface area contributed by atoms with Gasteiger partial charge in [0.2, 0.25) is 0 Å². The average Bonchev–Trinajstić information content (AvgIpc) is 2.55. The first-order valence-electron chi connectivity index (χ1n) is 7.08. The number of nitrogen functional groups attached to an aromatic ring is 1. The third-order valence-electron chi connectivity index (χ3n) is 3.29. The lowest BCUT2D eigenvalue weighted by atomic mass is 10.2. The molecule has 0 heterocycles. The summed E-state index contributed by atoms with van der Waals surface area (Å²) in [5.41, 5.74) is 8.39. The predicted molar refractivity (Wildman–Crippen MR) is 89.1 cm³/mol. The van der Waals surface area contributed by atoms with Crippen LogP contribution in [0.25, 0.3) is 0 Å². The third-order valence-corrected chi connectivity index (χ3v) is 3.29. The van der Waals surface area contributed by atoms with Gasteiger partial charge in [-0.1, -0.05) is 24.3 Å². The van der Waals surface area contributed by atoms with Crippen molar-refractivity contribution in [2.75, 3.05) is 18.2 Å². The number of methoxy groups -OCH3 is 1. The summed E-state index contributed by atoms with van der Waals surface area (Å²) in [5, 5.41) is 5.05. The van der Waals surface area contributed by atoms with Crippen molar-refractivity contribution in [1.82, 2.24) is 5.32 Å². The number of amides is 2. The van der Waals surface area contributed by atoms with E-state index in [0.717, 1.165) is 11.1 Å². The summed E-state index contributed by atoms with van der Waals surface area (Å²) < 4.78 is 5.19. The van der Waals surface area contributed by atoms with Gasteiger partial charge in [0.15, 0.2) is 0 Å². The molecular weight excluding hydrogens is 294 g/mol. The van der Waals surface area contributed by atoms with Gasteiger partial charge >= 0.3 is 11.8 Å². The molecule has 0 radical (unpaired) electrons. The number of nitrogens with one attached hydrogen (secondary N) is 2. The topological polar surface area (TPSA) is 93.4 Å². The molecule has 0 fully saturated rings. The molecule has 0 spiro atoms. The first-order valence-corrected chi connectivity index (χ1v) is 7.08. The van der Waals surface area contributed by atoms with Crippen LogP contribution in [0.3, 0.4) is 0 Å². The van der Waals surface area contributed by atoms with Crippen LogP contribution in [-0.2, 0) is 16.1 Å². The normalized spacial score (nSPS) is 10.0. The minimum Gasteiger partial charge on any atom is -0.496 e. The molecule has 0 aromatic heterocycles. The fourth-order valence-corrected chi connectivity index (χ4v) is 2.08. The van der Waals surface area contributed by atoms with Crippen molar-refractivity contribution in [3.05, 3.63) is 53.6 Å². The first kappa shape index (κ1) is 16.4. The SMILES string of the molecule is COc1ccccc1CNC(=O)C(=O)Nc1ccc(C)cc1N. The van der Waals surface area contributed by atoms with Gasteiger partial charge < -0.3 is 21.1 Å². The number of rotatable bonds is 4. The Balaban J connectivity index is 1.96. The second-order valence-electron chi connectivity index (χ2n) is 5.04. The van der Waals surface area contributed by atoms with Crippen LogP contribution in [-0.4, -0.2) is 18.9 Å². The lowest BCUT2D eigenvalue weighted by Gasteiger charge is -2.11. The molecule has 0 bridgehead atoms. The van der Waals surface area contributed by atoms with Crippen molar-refractivity contribution in [2.45, 2.75) is 13.5 Å². The van der Waals surface area contributed by atoms with Crippen molar-refractivity contribution < 1.29 is 14.3 Å². The van der Waals surface area contributed by atoms with Gasteiger partial charge in [-0.3, -0.25) is 9.59 Å². The molecule has 2 aromatic carbocycles. The molecule has 0 saturated carbocycles. The van der Waals surface area contributed by atoms with E-state index in [9.17, 15) is 9.59 Å². The summed E-state index contributed by atoms with van der Waals surface area (Å²) in [6, 6.07) is 12.5. The van der Waals surface area contributed by atoms with Crippen molar-refractivity contribution in [3.8, 4) is 5.75 Å². The third kappa shape index (κ3) is 4.23. The van der Waals surface area contributed by atoms with E-state index in [4.69, 9.17) is 10.5 Å². The number of ether oxygens (including phenoxy) is 1. The van der Waals surface area contributed by atoms with Crippen LogP contribution in [0.5, 0.6) is 5.75 Å². The quantitative estimate of drug-likeness (QED) is 0.593. The van der Waals surface area contributed by atoms with E-state index >= 15 is 0 Å². The van der Waals surface area contributed by atoms with Crippen molar-refractivity contribution in [2.24, 2.45) is 0 Å². The average molecular weight is 313 g/mol. The van der Waals surface area contributed by atoms with E-state index in [0.29, 0.717) is 17.1 Å². The number of hydrogen-bond donors (Lipinski definition) is 3. The van der Waals surface area contributed by atoms with Crippen LogP contribution in [0, 0.1) is 6.92 Å². The number of carbonyl (C=O) groups is 2. The highest BCUT2D eigenvalue weighted by Crippen LogP contribution is 2.19. The van der Waals surface area contributed by atoms with Crippen molar-refractivity contribution in [3.63, 3.8) is 0 Å². The van der Waals surface area contributed by atoms with E-state index in [-0.39, 0.29) is 6.54 Å². The minimum absolute atomic E-state index is 0.194. The van der Waals surface area contributed by atoms with Gasteiger partial charge in [0.05, 0.1) is 18.5 Å². The van der Waals surface area contributed by atoms with Gasteiger partial charge in [-0.2, -0.15) is 0 Å². The Labute approximate surface area is 134 Å².